The number of amides is 1. The first kappa shape index (κ1) is 13.0. The summed E-state index contributed by atoms with van der Waals surface area (Å²) in [6.07, 6.45) is 3.11. The number of carbonyl (C=O) groups is 1. The fourth-order valence-corrected chi connectivity index (χ4v) is 3.40. The summed E-state index contributed by atoms with van der Waals surface area (Å²) in [7, 11) is 1.87. The molecule has 1 aromatic heterocycles. The second-order valence-electron chi connectivity index (χ2n) is 4.89. The van der Waals surface area contributed by atoms with E-state index in [1.165, 1.54) is 0 Å². The largest absolute Gasteiger partial charge is 0.352 e. The summed E-state index contributed by atoms with van der Waals surface area (Å²) in [5, 5.41) is 3.23. The predicted octanol–water partition coefficient (Wildman–Crippen LogP) is 1.49. The van der Waals surface area contributed by atoms with E-state index >= 15 is 0 Å². The third-order valence-electron chi connectivity index (χ3n) is 3.16. The molecule has 2 heterocycles. The van der Waals surface area contributed by atoms with Crippen LogP contribution in [0.4, 0.5) is 5.82 Å². The summed E-state index contributed by atoms with van der Waals surface area (Å²) in [4.78, 5) is 23.2. The lowest BCUT2D eigenvalue weighted by Gasteiger charge is -2.20. The Labute approximate surface area is 121 Å². The second kappa shape index (κ2) is 5.17. The maximum Gasteiger partial charge on any atom is 0.239 e. The smallest absolute Gasteiger partial charge is 0.239 e. The summed E-state index contributed by atoms with van der Waals surface area (Å²) < 4.78 is 0. The van der Waals surface area contributed by atoms with Gasteiger partial charge >= 0.3 is 0 Å². The molecule has 7 heteroatoms. The van der Waals surface area contributed by atoms with Crippen molar-refractivity contribution in [2.45, 2.75) is 30.2 Å². The van der Waals surface area contributed by atoms with Gasteiger partial charge in [-0.2, -0.15) is 4.98 Å². The number of carbonyl (C=O) groups excluding carboxylic acids is 1. The van der Waals surface area contributed by atoms with Gasteiger partial charge in [0.2, 0.25) is 11.2 Å². The Morgan fingerprint density at radius 3 is 3.05 bits per heavy atom. The molecular formula is C12H15ClN4OS. The Hall–Kier alpha value is -1.01. The van der Waals surface area contributed by atoms with Gasteiger partial charge in [0.05, 0.1) is 17.1 Å². The van der Waals surface area contributed by atoms with Gasteiger partial charge in [0.15, 0.2) is 0 Å². The summed E-state index contributed by atoms with van der Waals surface area (Å²) in [6.45, 7) is 0.302. The highest BCUT2D eigenvalue weighted by Gasteiger charge is 2.26. The van der Waals surface area contributed by atoms with Crippen molar-refractivity contribution in [2.24, 2.45) is 0 Å². The molecule has 2 aliphatic rings. The molecule has 0 spiro atoms. The summed E-state index contributed by atoms with van der Waals surface area (Å²) in [5.41, 5.74) is 0.995. The van der Waals surface area contributed by atoms with Crippen LogP contribution in [-0.4, -0.2) is 41.3 Å². The minimum Gasteiger partial charge on any atom is -0.352 e. The maximum atomic E-state index is 11.8. The van der Waals surface area contributed by atoms with Crippen molar-refractivity contribution in [1.29, 1.82) is 0 Å². The van der Waals surface area contributed by atoms with Gasteiger partial charge in [-0.05, 0) is 24.4 Å². The molecule has 1 aromatic rings. The Kier molecular flexibility index (Phi) is 3.54. The number of halogens is 1. The number of hydrogen-bond donors (Lipinski definition) is 1. The van der Waals surface area contributed by atoms with Gasteiger partial charge in [-0.3, -0.25) is 4.79 Å². The zero-order chi connectivity index (χ0) is 13.4. The fraction of sp³-hybridized carbons (Fsp3) is 0.583. The zero-order valence-corrected chi connectivity index (χ0v) is 12.2. The van der Waals surface area contributed by atoms with Crippen LogP contribution in [0, 0.1) is 0 Å². The number of nitrogens with one attached hydrogen (secondary N) is 1. The number of likely N-dealkylation sites (N-methyl/N-ethyl adjacent to an activating group) is 1. The highest BCUT2D eigenvalue weighted by atomic mass is 35.5. The minimum atomic E-state index is 0.0384. The third kappa shape index (κ3) is 2.95. The van der Waals surface area contributed by atoms with Crippen LogP contribution in [0.25, 0.3) is 0 Å². The van der Waals surface area contributed by atoms with Crippen LogP contribution in [0.2, 0.25) is 5.28 Å². The van der Waals surface area contributed by atoms with Crippen LogP contribution in [0.5, 0.6) is 0 Å². The van der Waals surface area contributed by atoms with Gasteiger partial charge < -0.3 is 10.2 Å². The van der Waals surface area contributed by atoms with Crippen molar-refractivity contribution in [3.05, 3.63) is 11.0 Å². The molecule has 0 saturated heterocycles. The van der Waals surface area contributed by atoms with Crippen LogP contribution in [0.3, 0.4) is 0 Å². The lowest BCUT2D eigenvalue weighted by molar-refractivity contribution is -0.119. The molecule has 0 bridgehead atoms. The van der Waals surface area contributed by atoms with E-state index in [1.807, 2.05) is 11.9 Å². The molecule has 0 unspecified atom stereocenters. The molecule has 1 aliphatic carbocycles. The standard InChI is InChI=1S/C12H15ClN4OS/c1-17(6-9(18)14-7-2-3-7)11-10-8(4-5-19-10)15-12(13)16-11/h7H,2-6H2,1H3,(H,14,18). The molecule has 102 valence electrons. The van der Waals surface area contributed by atoms with Crippen molar-refractivity contribution >= 4 is 35.1 Å². The SMILES string of the molecule is CN(CC(=O)NC1CC1)c1nc(Cl)nc2c1SCC2. The minimum absolute atomic E-state index is 0.0384. The molecule has 5 nitrogen and oxygen atoms in total. The monoisotopic (exact) mass is 298 g/mol. The van der Waals surface area contributed by atoms with Crippen LogP contribution in [-0.2, 0) is 11.2 Å². The Balaban J connectivity index is 1.75. The van der Waals surface area contributed by atoms with Crippen LogP contribution >= 0.6 is 23.4 Å². The van der Waals surface area contributed by atoms with Gasteiger partial charge in [-0.15, -0.1) is 11.8 Å². The highest BCUT2D eigenvalue weighted by molar-refractivity contribution is 7.99. The van der Waals surface area contributed by atoms with Crippen LogP contribution in [0.1, 0.15) is 18.5 Å². The number of thioether (sulfide) groups is 1. The highest BCUT2D eigenvalue weighted by Crippen LogP contribution is 2.37. The van der Waals surface area contributed by atoms with Gasteiger partial charge in [0.1, 0.15) is 5.82 Å². The average Bonchev–Trinajstić information content (AvgIpc) is 3.03. The van der Waals surface area contributed by atoms with Crippen molar-refractivity contribution in [1.82, 2.24) is 15.3 Å². The van der Waals surface area contributed by atoms with Crippen molar-refractivity contribution in [3.63, 3.8) is 0 Å². The first-order valence-electron chi connectivity index (χ1n) is 6.33. The Morgan fingerprint density at radius 1 is 1.53 bits per heavy atom. The third-order valence-corrected chi connectivity index (χ3v) is 4.44. The fourth-order valence-electron chi connectivity index (χ4n) is 2.07. The second-order valence-corrected chi connectivity index (χ2v) is 6.33. The normalized spacial score (nSPS) is 17.2. The number of nitrogens with zero attached hydrogens (tertiary/aromatic N) is 3. The number of hydrogen-bond acceptors (Lipinski definition) is 5. The predicted molar refractivity (Wildman–Crippen MR) is 75.9 cm³/mol. The molecule has 1 aliphatic heterocycles. The Bertz CT molecular complexity index is 521. The number of aryl methyl sites for hydroxylation is 1. The van der Waals surface area contributed by atoms with Gasteiger partial charge in [-0.1, -0.05) is 0 Å². The van der Waals surface area contributed by atoms with Gasteiger partial charge in [0, 0.05) is 25.3 Å². The topological polar surface area (TPSA) is 58.1 Å². The average molecular weight is 299 g/mol. The van der Waals surface area contributed by atoms with E-state index in [0.717, 1.165) is 41.4 Å². The van der Waals surface area contributed by atoms with E-state index < -0.39 is 0 Å². The lowest BCUT2D eigenvalue weighted by atomic mass is 10.3. The van der Waals surface area contributed by atoms with Crippen molar-refractivity contribution in [3.8, 4) is 0 Å². The molecular weight excluding hydrogens is 284 g/mol. The van der Waals surface area contributed by atoms with E-state index in [2.05, 4.69) is 15.3 Å². The number of anilines is 1. The molecule has 1 N–H and O–H groups in total. The van der Waals surface area contributed by atoms with Crippen LogP contribution < -0.4 is 10.2 Å². The summed E-state index contributed by atoms with van der Waals surface area (Å²) in [5.74, 6) is 1.80. The van der Waals surface area contributed by atoms with E-state index in [-0.39, 0.29) is 11.2 Å². The number of fused-ring (bicyclic) bond motifs is 1. The molecule has 0 radical (unpaired) electrons. The van der Waals surface area contributed by atoms with Crippen molar-refractivity contribution in [2.75, 3.05) is 24.2 Å². The van der Waals surface area contributed by atoms with Crippen LogP contribution in [0.15, 0.2) is 4.90 Å². The molecule has 3 rings (SSSR count). The van der Waals surface area contributed by atoms with E-state index in [9.17, 15) is 4.79 Å². The molecule has 0 atom stereocenters. The first-order valence-corrected chi connectivity index (χ1v) is 7.69. The number of rotatable bonds is 4. The summed E-state index contributed by atoms with van der Waals surface area (Å²) >= 11 is 7.67. The van der Waals surface area contributed by atoms with Crippen molar-refractivity contribution < 1.29 is 4.79 Å². The molecule has 1 amide bonds. The quantitative estimate of drug-likeness (QED) is 0.854. The molecule has 19 heavy (non-hydrogen) atoms. The Morgan fingerprint density at radius 2 is 2.32 bits per heavy atom. The maximum absolute atomic E-state index is 11.8. The molecule has 1 saturated carbocycles. The van der Waals surface area contributed by atoms with Gasteiger partial charge in [0.25, 0.3) is 0 Å². The lowest BCUT2D eigenvalue weighted by Crippen LogP contribution is -2.36. The van der Waals surface area contributed by atoms with E-state index in [0.29, 0.717) is 12.6 Å². The van der Waals surface area contributed by atoms with Gasteiger partial charge in [-0.25, -0.2) is 4.98 Å². The van der Waals surface area contributed by atoms with E-state index in [4.69, 9.17) is 11.6 Å². The molecule has 0 aromatic carbocycles. The van der Waals surface area contributed by atoms with E-state index in [1.54, 1.807) is 11.8 Å². The number of aromatic nitrogens is 2. The first-order chi connectivity index (χ1) is 9.13. The molecule has 1 fully saturated rings. The zero-order valence-electron chi connectivity index (χ0n) is 10.6. The summed E-state index contributed by atoms with van der Waals surface area (Å²) in [6, 6.07) is 0.384.